The number of rotatable bonds is 5. The fraction of sp³-hybridized carbons (Fsp3) is 0.409. The number of fused-ring (bicyclic) bond motifs is 1. The standard InChI is InChI=1S/C22H26N2O2/c1-26-20-9-3-2-7-17(20)8-6-14-24-15-18-11-12-22(25,19(18)16-24)21-10-4-5-13-23-21/h2-10,13,18-19,25H,11-12,14-16H2,1H3/b8-6+/t18-,19+,22-/m1/s1. The first-order chi connectivity index (χ1) is 12.7. The molecule has 3 atom stereocenters. The van der Waals surface area contributed by atoms with E-state index in [-0.39, 0.29) is 5.92 Å². The number of nitrogens with zero attached hydrogens (tertiary/aromatic N) is 2. The number of hydrogen-bond donors (Lipinski definition) is 1. The molecule has 136 valence electrons. The van der Waals surface area contributed by atoms with Crippen molar-refractivity contribution in [3.05, 3.63) is 66.0 Å². The topological polar surface area (TPSA) is 45.6 Å². The summed E-state index contributed by atoms with van der Waals surface area (Å²) in [5.41, 5.74) is 1.16. The Balaban J connectivity index is 1.42. The van der Waals surface area contributed by atoms with Crippen molar-refractivity contribution < 1.29 is 9.84 Å². The van der Waals surface area contributed by atoms with Crippen LogP contribution in [-0.4, -0.2) is 41.7 Å². The molecule has 1 N–H and O–H groups in total. The van der Waals surface area contributed by atoms with Crippen LogP contribution in [0.4, 0.5) is 0 Å². The van der Waals surface area contributed by atoms with Crippen molar-refractivity contribution >= 4 is 6.08 Å². The number of aromatic nitrogens is 1. The first-order valence-electron chi connectivity index (χ1n) is 9.36. The van der Waals surface area contributed by atoms with Crippen LogP contribution >= 0.6 is 0 Å². The van der Waals surface area contributed by atoms with E-state index in [1.807, 2.05) is 36.4 Å². The van der Waals surface area contributed by atoms with Crippen LogP contribution < -0.4 is 4.74 Å². The largest absolute Gasteiger partial charge is 0.496 e. The molecule has 2 fully saturated rings. The van der Waals surface area contributed by atoms with Crippen LogP contribution in [0.15, 0.2) is 54.7 Å². The average molecular weight is 350 g/mol. The van der Waals surface area contributed by atoms with Crippen molar-refractivity contribution in [2.24, 2.45) is 11.8 Å². The van der Waals surface area contributed by atoms with Gasteiger partial charge in [-0.15, -0.1) is 0 Å². The van der Waals surface area contributed by atoms with Crippen LogP contribution in [0.5, 0.6) is 5.75 Å². The molecule has 1 saturated carbocycles. The summed E-state index contributed by atoms with van der Waals surface area (Å²) in [6.45, 7) is 2.87. The van der Waals surface area contributed by atoms with E-state index in [9.17, 15) is 5.11 Å². The molecule has 1 aromatic heterocycles. The minimum absolute atomic E-state index is 0.275. The summed E-state index contributed by atoms with van der Waals surface area (Å²) < 4.78 is 5.40. The molecule has 0 unspecified atom stereocenters. The second kappa shape index (κ2) is 7.22. The van der Waals surface area contributed by atoms with Crippen LogP contribution in [0.3, 0.4) is 0 Å². The summed E-state index contributed by atoms with van der Waals surface area (Å²) in [6, 6.07) is 13.9. The highest BCUT2D eigenvalue weighted by atomic mass is 16.5. The van der Waals surface area contributed by atoms with Gasteiger partial charge >= 0.3 is 0 Å². The van der Waals surface area contributed by atoms with Crippen molar-refractivity contribution in [1.82, 2.24) is 9.88 Å². The van der Waals surface area contributed by atoms with E-state index >= 15 is 0 Å². The predicted octanol–water partition coefficient (Wildman–Crippen LogP) is 3.33. The zero-order chi connectivity index (χ0) is 18.0. The van der Waals surface area contributed by atoms with E-state index < -0.39 is 5.60 Å². The fourth-order valence-corrected chi connectivity index (χ4v) is 4.60. The molecule has 4 rings (SSSR count). The average Bonchev–Trinajstić information content (AvgIpc) is 3.23. The Morgan fingerprint density at radius 3 is 2.88 bits per heavy atom. The van der Waals surface area contributed by atoms with E-state index in [1.54, 1.807) is 13.3 Å². The van der Waals surface area contributed by atoms with Crippen LogP contribution in [0.25, 0.3) is 6.08 Å². The maximum Gasteiger partial charge on any atom is 0.126 e. The van der Waals surface area contributed by atoms with Crippen LogP contribution in [-0.2, 0) is 5.60 Å². The summed E-state index contributed by atoms with van der Waals surface area (Å²) in [5, 5.41) is 11.3. The molecule has 26 heavy (non-hydrogen) atoms. The number of likely N-dealkylation sites (tertiary alicyclic amines) is 1. The fourth-order valence-electron chi connectivity index (χ4n) is 4.60. The molecule has 0 amide bonds. The van der Waals surface area contributed by atoms with Gasteiger partial charge in [-0.1, -0.05) is 36.4 Å². The van der Waals surface area contributed by atoms with Crippen LogP contribution in [0, 0.1) is 11.8 Å². The van der Waals surface area contributed by atoms with Gasteiger partial charge < -0.3 is 9.84 Å². The number of methoxy groups -OCH3 is 1. The number of aliphatic hydroxyl groups is 1. The Morgan fingerprint density at radius 2 is 2.08 bits per heavy atom. The van der Waals surface area contributed by atoms with Gasteiger partial charge in [0, 0.05) is 37.3 Å². The summed E-state index contributed by atoms with van der Waals surface area (Å²) in [4.78, 5) is 6.88. The summed E-state index contributed by atoms with van der Waals surface area (Å²) in [5.74, 6) is 1.73. The van der Waals surface area contributed by atoms with Crippen molar-refractivity contribution in [2.75, 3.05) is 26.7 Å². The normalized spacial score (nSPS) is 28.5. The number of pyridine rings is 1. The Hall–Kier alpha value is -2.17. The molecular weight excluding hydrogens is 324 g/mol. The van der Waals surface area contributed by atoms with Gasteiger partial charge in [0.1, 0.15) is 11.4 Å². The molecule has 0 radical (unpaired) electrons. The maximum absolute atomic E-state index is 11.3. The van der Waals surface area contributed by atoms with Crippen molar-refractivity contribution in [3.8, 4) is 5.75 Å². The SMILES string of the molecule is COc1ccccc1/C=C/CN1C[C@H]2CC[C@](O)(c3ccccn3)[C@H]2C1. The van der Waals surface area contributed by atoms with E-state index in [0.29, 0.717) is 5.92 Å². The Labute approximate surface area is 155 Å². The number of benzene rings is 1. The molecule has 0 bridgehead atoms. The van der Waals surface area contributed by atoms with Gasteiger partial charge in [-0.05, 0) is 37.0 Å². The number of para-hydroxylation sites is 1. The maximum atomic E-state index is 11.3. The first-order valence-corrected chi connectivity index (χ1v) is 9.36. The molecule has 2 aliphatic rings. The number of ether oxygens (including phenoxy) is 1. The zero-order valence-corrected chi connectivity index (χ0v) is 15.2. The van der Waals surface area contributed by atoms with Crippen molar-refractivity contribution in [3.63, 3.8) is 0 Å². The molecule has 4 nitrogen and oxygen atoms in total. The van der Waals surface area contributed by atoms with Gasteiger partial charge in [-0.3, -0.25) is 9.88 Å². The lowest BCUT2D eigenvalue weighted by Crippen LogP contribution is -2.35. The molecule has 1 aliphatic heterocycles. The van der Waals surface area contributed by atoms with Crippen molar-refractivity contribution in [1.29, 1.82) is 0 Å². The molecule has 1 aromatic carbocycles. The Morgan fingerprint density at radius 1 is 1.23 bits per heavy atom. The van der Waals surface area contributed by atoms with E-state index in [0.717, 1.165) is 49.5 Å². The minimum atomic E-state index is -0.771. The first kappa shape index (κ1) is 17.3. The van der Waals surface area contributed by atoms with Crippen LogP contribution in [0.1, 0.15) is 24.1 Å². The Kier molecular flexibility index (Phi) is 4.79. The van der Waals surface area contributed by atoms with Gasteiger partial charge in [-0.2, -0.15) is 0 Å². The van der Waals surface area contributed by atoms with Gasteiger partial charge in [0.05, 0.1) is 12.8 Å². The molecule has 0 spiro atoms. The molecular formula is C22H26N2O2. The smallest absolute Gasteiger partial charge is 0.126 e. The molecule has 1 aliphatic carbocycles. The third-order valence-electron chi connectivity index (χ3n) is 5.93. The van der Waals surface area contributed by atoms with Gasteiger partial charge in [-0.25, -0.2) is 0 Å². The summed E-state index contributed by atoms with van der Waals surface area (Å²) in [6.07, 6.45) is 7.99. The summed E-state index contributed by atoms with van der Waals surface area (Å²) >= 11 is 0. The monoisotopic (exact) mass is 350 g/mol. The molecule has 1 saturated heterocycles. The molecule has 2 aromatic rings. The highest BCUT2D eigenvalue weighted by Gasteiger charge is 2.52. The Bertz CT molecular complexity index is 777. The second-order valence-electron chi connectivity index (χ2n) is 7.41. The quantitative estimate of drug-likeness (QED) is 0.898. The lowest BCUT2D eigenvalue weighted by molar-refractivity contribution is -0.0101. The zero-order valence-electron chi connectivity index (χ0n) is 15.2. The highest BCUT2D eigenvalue weighted by Crippen LogP contribution is 2.49. The third kappa shape index (κ3) is 3.15. The van der Waals surface area contributed by atoms with E-state index in [2.05, 4.69) is 28.1 Å². The molecule has 4 heteroatoms. The van der Waals surface area contributed by atoms with Gasteiger partial charge in [0.25, 0.3) is 0 Å². The van der Waals surface area contributed by atoms with E-state index in [4.69, 9.17) is 4.74 Å². The third-order valence-corrected chi connectivity index (χ3v) is 5.93. The molecule has 2 heterocycles. The lowest BCUT2D eigenvalue weighted by Gasteiger charge is -2.29. The summed E-state index contributed by atoms with van der Waals surface area (Å²) in [7, 11) is 1.70. The minimum Gasteiger partial charge on any atom is -0.496 e. The van der Waals surface area contributed by atoms with Gasteiger partial charge in [0.15, 0.2) is 0 Å². The van der Waals surface area contributed by atoms with E-state index in [1.165, 1.54) is 0 Å². The lowest BCUT2D eigenvalue weighted by atomic mass is 9.85. The number of hydrogen-bond acceptors (Lipinski definition) is 4. The van der Waals surface area contributed by atoms with Crippen LogP contribution in [0.2, 0.25) is 0 Å². The highest BCUT2D eigenvalue weighted by molar-refractivity contribution is 5.57. The predicted molar refractivity (Wildman–Crippen MR) is 103 cm³/mol. The van der Waals surface area contributed by atoms with Crippen molar-refractivity contribution in [2.45, 2.75) is 18.4 Å². The van der Waals surface area contributed by atoms with Gasteiger partial charge in [0.2, 0.25) is 0 Å². The second-order valence-corrected chi connectivity index (χ2v) is 7.41.